The first-order valence-electron chi connectivity index (χ1n) is 4.56. The summed E-state index contributed by atoms with van der Waals surface area (Å²) in [5, 5.41) is 10.7. The number of hydrogen-bond acceptors (Lipinski definition) is 2. The highest BCUT2D eigenvalue weighted by Gasteiger charge is 1.98. The highest BCUT2D eigenvalue weighted by atomic mass is 16.1. The van der Waals surface area contributed by atoms with Crippen molar-refractivity contribution in [2.24, 2.45) is 0 Å². The Morgan fingerprint density at radius 2 is 2.07 bits per heavy atom. The van der Waals surface area contributed by atoms with Gasteiger partial charge in [-0.1, -0.05) is 25.5 Å². The first kappa shape index (κ1) is 10.3. The van der Waals surface area contributed by atoms with Crippen LogP contribution in [0.25, 0.3) is 0 Å². The number of anilines is 1. The lowest BCUT2D eigenvalue weighted by Gasteiger charge is -2.02. The Morgan fingerprint density at radius 1 is 1.43 bits per heavy atom. The van der Waals surface area contributed by atoms with Gasteiger partial charge in [-0.15, -0.1) is 0 Å². The summed E-state index contributed by atoms with van der Waals surface area (Å²) in [5.41, 5.74) is 1.90. The van der Waals surface area contributed by atoms with Crippen molar-refractivity contribution in [3.8, 4) is 6.07 Å². The smallest absolute Gasteiger partial charge is 0.313 e. The van der Waals surface area contributed by atoms with Crippen molar-refractivity contribution < 1.29 is 4.79 Å². The number of nitrogens with one attached hydrogen (secondary N) is 1. The fourth-order valence-electron chi connectivity index (χ4n) is 1.20. The van der Waals surface area contributed by atoms with E-state index in [4.69, 9.17) is 5.26 Å². The van der Waals surface area contributed by atoms with Crippen LogP contribution < -0.4 is 5.32 Å². The molecule has 1 aromatic carbocycles. The van der Waals surface area contributed by atoms with E-state index in [1.165, 1.54) is 11.6 Å². The fraction of sp³-hybridized carbons (Fsp3) is 0.273. The minimum absolute atomic E-state index is 0.631. The van der Waals surface area contributed by atoms with Gasteiger partial charge < -0.3 is 5.32 Å². The van der Waals surface area contributed by atoms with Crippen LogP contribution in [0.2, 0.25) is 0 Å². The van der Waals surface area contributed by atoms with Gasteiger partial charge in [0, 0.05) is 5.69 Å². The standard InChI is InChI=1S/C11H12N2O/c1-2-3-9-4-6-10(7-5-9)13-11(14)8-12/h4-7H,2-3H2,1H3,(H,13,14). The van der Waals surface area contributed by atoms with E-state index in [1.807, 2.05) is 12.1 Å². The van der Waals surface area contributed by atoms with Gasteiger partial charge in [-0.05, 0) is 24.1 Å². The van der Waals surface area contributed by atoms with Crippen LogP contribution in [0.1, 0.15) is 18.9 Å². The van der Waals surface area contributed by atoms with Crippen LogP contribution in [-0.2, 0) is 11.2 Å². The third kappa shape index (κ3) is 2.91. The molecular weight excluding hydrogens is 176 g/mol. The zero-order chi connectivity index (χ0) is 10.4. The molecule has 72 valence electrons. The maximum atomic E-state index is 10.7. The molecule has 14 heavy (non-hydrogen) atoms. The molecule has 0 unspecified atom stereocenters. The van der Waals surface area contributed by atoms with Gasteiger partial charge in [-0.3, -0.25) is 4.79 Å². The summed E-state index contributed by atoms with van der Waals surface area (Å²) in [5.74, 6) is -0.631. The number of amides is 1. The second kappa shape index (κ2) is 5.03. The van der Waals surface area contributed by atoms with Gasteiger partial charge in [0.1, 0.15) is 0 Å². The van der Waals surface area contributed by atoms with E-state index in [1.54, 1.807) is 12.1 Å². The first-order chi connectivity index (χ1) is 6.76. The lowest BCUT2D eigenvalue weighted by atomic mass is 10.1. The molecule has 0 aliphatic carbocycles. The topological polar surface area (TPSA) is 52.9 Å². The average molecular weight is 188 g/mol. The molecule has 0 atom stereocenters. The maximum Gasteiger partial charge on any atom is 0.326 e. The number of carbonyl (C=O) groups excluding carboxylic acids is 1. The number of hydrogen-bond donors (Lipinski definition) is 1. The third-order valence-corrected chi connectivity index (χ3v) is 1.85. The van der Waals surface area contributed by atoms with Gasteiger partial charge in [0.25, 0.3) is 0 Å². The summed E-state index contributed by atoms with van der Waals surface area (Å²) in [6, 6.07) is 9.02. The zero-order valence-electron chi connectivity index (χ0n) is 8.08. The Bertz CT molecular complexity index is 349. The second-order valence-electron chi connectivity index (χ2n) is 3.01. The number of aryl methyl sites for hydroxylation is 1. The molecule has 0 aromatic heterocycles. The third-order valence-electron chi connectivity index (χ3n) is 1.85. The van der Waals surface area contributed by atoms with Gasteiger partial charge in [-0.25, -0.2) is 0 Å². The summed E-state index contributed by atoms with van der Waals surface area (Å²) in [6.07, 6.45) is 2.14. The van der Waals surface area contributed by atoms with E-state index in [0.29, 0.717) is 5.69 Å². The molecule has 1 aromatic rings. The Hall–Kier alpha value is -1.82. The number of nitrogens with zero attached hydrogens (tertiary/aromatic N) is 1. The molecular formula is C11H12N2O. The van der Waals surface area contributed by atoms with Crippen LogP contribution in [0.15, 0.2) is 24.3 Å². The molecule has 0 saturated heterocycles. The second-order valence-corrected chi connectivity index (χ2v) is 3.01. The Labute approximate surface area is 83.4 Å². The molecule has 1 N–H and O–H groups in total. The first-order valence-corrected chi connectivity index (χ1v) is 4.56. The summed E-state index contributed by atoms with van der Waals surface area (Å²) in [6.45, 7) is 2.12. The van der Waals surface area contributed by atoms with Crippen LogP contribution >= 0.6 is 0 Å². The summed E-state index contributed by atoms with van der Waals surface area (Å²) in [4.78, 5) is 10.7. The summed E-state index contributed by atoms with van der Waals surface area (Å²) in [7, 11) is 0. The van der Waals surface area contributed by atoms with Gasteiger partial charge >= 0.3 is 5.91 Å². The lowest BCUT2D eigenvalue weighted by molar-refractivity contribution is -0.111. The van der Waals surface area contributed by atoms with E-state index in [-0.39, 0.29) is 0 Å². The van der Waals surface area contributed by atoms with Crippen molar-refractivity contribution in [1.29, 1.82) is 5.26 Å². The van der Waals surface area contributed by atoms with Crippen molar-refractivity contribution >= 4 is 11.6 Å². The molecule has 0 bridgehead atoms. The molecule has 3 nitrogen and oxygen atoms in total. The van der Waals surface area contributed by atoms with E-state index >= 15 is 0 Å². The quantitative estimate of drug-likeness (QED) is 0.738. The Balaban J connectivity index is 2.65. The Morgan fingerprint density at radius 3 is 2.57 bits per heavy atom. The van der Waals surface area contributed by atoms with E-state index < -0.39 is 5.91 Å². The number of nitriles is 1. The van der Waals surface area contributed by atoms with Crippen molar-refractivity contribution in [1.82, 2.24) is 0 Å². The van der Waals surface area contributed by atoms with Crippen molar-refractivity contribution in [3.05, 3.63) is 29.8 Å². The van der Waals surface area contributed by atoms with Crippen LogP contribution in [0.3, 0.4) is 0 Å². The molecule has 0 heterocycles. The molecule has 1 rings (SSSR count). The number of carbonyl (C=O) groups is 1. The predicted molar refractivity (Wildman–Crippen MR) is 54.7 cm³/mol. The minimum atomic E-state index is -0.631. The Kier molecular flexibility index (Phi) is 3.69. The van der Waals surface area contributed by atoms with Gasteiger partial charge in [0.05, 0.1) is 0 Å². The van der Waals surface area contributed by atoms with Crippen LogP contribution in [-0.4, -0.2) is 5.91 Å². The van der Waals surface area contributed by atoms with Crippen molar-refractivity contribution in [3.63, 3.8) is 0 Å². The molecule has 0 spiro atoms. The normalized spacial score (nSPS) is 9.14. The molecule has 0 saturated carbocycles. The summed E-state index contributed by atoms with van der Waals surface area (Å²) < 4.78 is 0. The predicted octanol–water partition coefficient (Wildman–Crippen LogP) is 2.10. The number of benzene rings is 1. The monoisotopic (exact) mass is 188 g/mol. The van der Waals surface area contributed by atoms with Crippen molar-refractivity contribution in [2.75, 3.05) is 5.32 Å². The van der Waals surface area contributed by atoms with Crippen LogP contribution in [0.4, 0.5) is 5.69 Å². The van der Waals surface area contributed by atoms with Gasteiger partial charge in [0.2, 0.25) is 0 Å². The molecule has 0 aliphatic heterocycles. The maximum absolute atomic E-state index is 10.7. The fourth-order valence-corrected chi connectivity index (χ4v) is 1.20. The number of rotatable bonds is 3. The molecule has 0 fully saturated rings. The highest BCUT2D eigenvalue weighted by molar-refractivity contribution is 6.02. The van der Waals surface area contributed by atoms with Gasteiger partial charge in [-0.2, -0.15) is 5.26 Å². The largest absolute Gasteiger partial charge is 0.326 e. The van der Waals surface area contributed by atoms with Gasteiger partial charge in [0.15, 0.2) is 6.07 Å². The van der Waals surface area contributed by atoms with E-state index in [2.05, 4.69) is 12.2 Å². The SMILES string of the molecule is CCCc1ccc(NC(=O)C#N)cc1. The molecule has 0 aliphatic rings. The van der Waals surface area contributed by atoms with E-state index in [0.717, 1.165) is 12.8 Å². The van der Waals surface area contributed by atoms with E-state index in [9.17, 15) is 4.79 Å². The van der Waals surface area contributed by atoms with Crippen molar-refractivity contribution in [2.45, 2.75) is 19.8 Å². The highest BCUT2D eigenvalue weighted by Crippen LogP contribution is 2.10. The molecule has 1 amide bonds. The molecule has 3 heteroatoms. The zero-order valence-corrected chi connectivity index (χ0v) is 8.08. The van der Waals surface area contributed by atoms with Crippen LogP contribution in [0, 0.1) is 11.3 Å². The van der Waals surface area contributed by atoms with Crippen LogP contribution in [0.5, 0.6) is 0 Å². The average Bonchev–Trinajstić information content (AvgIpc) is 2.21. The minimum Gasteiger partial charge on any atom is -0.313 e. The molecule has 0 radical (unpaired) electrons. The summed E-state index contributed by atoms with van der Waals surface area (Å²) >= 11 is 0. The lowest BCUT2D eigenvalue weighted by Crippen LogP contribution is -2.07.